The zero-order chi connectivity index (χ0) is 13.8. The molecule has 0 amide bonds. The summed E-state index contributed by atoms with van der Waals surface area (Å²) in [5.74, 6) is -0.179. The Morgan fingerprint density at radius 2 is 2.05 bits per heavy atom. The van der Waals surface area contributed by atoms with Gasteiger partial charge in [0.2, 0.25) is 0 Å². The number of aromatic carboxylic acids is 1. The van der Waals surface area contributed by atoms with E-state index in [0.717, 1.165) is 17.4 Å². The predicted octanol–water partition coefficient (Wildman–Crippen LogP) is 1.07. The summed E-state index contributed by atoms with van der Waals surface area (Å²) >= 11 is 0. The number of aromatic nitrogens is 2. The van der Waals surface area contributed by atoms with Gasteiger partial charge in [0.1, 0.15) is 11.6 Å². The number of carboxylic acids is 1. The van der Waals surface area contributed by atoms with Gasteiger partial charge in [0, 0.05) is 12.5 Å². The fourth-order valence-corrected chi connectivity index (χ4v) is 1.64. The summed E-state index contributed by atoms with van der Waals surface area (Å²) in [5.41, 5.74) is 0.162. The smallest absolute Gasteiger partial charge is 0.354 e. The summed E-state index contributed by atoms with van der Waals surface area (Å²) in [7, 11) is 1.57. The average molecular weight is 260 g/mol. The Morgan fingerprint density at radius 3 is 2.63 bits per heavy atom. The molecule has 0 aliphatic rings. The highest BCUT2D eigenvalue weighted by Gasteiger charge is 2.08. The Kier molecular flexibility index (Phi) is 3.61. The van der Waals surface area contributed by atoms with Gasteiger partial charge in [0.05, 0.1) is 7.11 Å². The van der Waals surface area contributed by atoms with E-state index in [1.807, 2.05) is 12.1 Å². The standard InChI is InChI=1S/C13H12N2O4/c1-19-9-4-2-8(3-5-9)6-11-14-10(13(17)18)7-12(16)15-11/h2-5,7H,6H2,1H3,(H,17,18)(H,14,15,16). The molecule has 2 aromatic rings. The Bertz CT molecular complexity index is 646. The van der Waals surface area contributed by atoms with E-state index in [0.29, 0.717) is 12.2 Å². The number of benzene rings is 1. The monoisotopic (exact) mass is 260 g/mol. The lowest BCUT2D eigenvalue weighted by Gasteiger charge is -2.04. The van der Waals surface area contributed by atoms with Crippen LogP contribution in [-0.4, -0.2) is 28.2 Å². The average Bonchev–Trinajstić information content (AvgIpc) is 2.39. The fraction of sp³-hybridized carbons (Fsp3) is 0.154. The minimum atomic E-state index is -1.22. The van der Waals surface area contributed by atoms with E-state index in [-0.39, 0.29) is 5.69 Å². The van der Waals surface area contributed by atoms with Gasteiger partial charge in [0.15, 0.2) is 5.69 Å². The van der Waals surface area contributed by atoms with Gasteiger partial charge in [-0.2, -0.15) is 0 Å². The van der Waals surface area contributed by atoms with Crippen molar-refractivity contribution in [1.82, 2.24) is 9.97 Å². The molecule has 0 aliphatic heterocycles. The van der Waals surface area contributed by atoms with Crippen molar-refractivity contribution in [3.05, 3.63) is 57.8 Å². The SMILES string of the molecule is COc1ccc(Cc2nc(C(=O)O)cc(=O)[nH]2)cc1. The van der Waals surface area contributed by atoms with Crippen LogP contribution in [0.2, 0.25) is 0 Å². The molecule has 0 saturated carbocycles. The lowest BCUT2D eigenvalue weighted by atomic mass is 10.1. The molecular formula is C13H12N2O4. The maximum atomic E-state index is 11.3. The van der Waals surface area contributed by atoms with E-state index in [2.05, 4.69) is 9.97 Å². The summed E-state index contributed by atoms with van der Waals surface area (Å²) in [6.45, 7) is 0. The molecule has 2 rings (SSSR count). The second-order valence-corrected chi connectivity index (χ2v) is 3.91. The molecular weight excluding hydrogens is 248 g/mol. The Hall–Kier alpha value is -2.63. The number of hydrogen-bond acceptors (Lipinski definition) is 4. The van der Waals surface area contributed by atoms with Gasteiger partial charge in [-0.25, -0.2) is 9.78 Å². The van der Waals surface area contributed by atoms with E-state index in [1.54, 1.807) is 19.2 Å². The van der Waals surface area contributed by atoms with Crippen molar-refractivity contribution in [3.63, 3.8) is 0 Å². The minimum absolute atomic E-state index is 0.257. The summed E-state index contributed by atoms with van der Waals surface area (Å²) in [6.07, 6.45) is 0.348. The Balaban J connectivity index is 2.27. The van der Waals surface area contributed by atoms with Crippen LogP contribution in [0.15, 0.2) is 35.1 Å². The highest BCUT2D eigenvalue weighted by molar-refractivity contribution is 5.85. The molecule has 19 heavy (non-hydrogen) atoms. The number of hydrogen-bond donors (Lipinski definition) is 2. The maximum absolute atomic E-state index is 11.3. The van der Waals surface area contributed by atoms with E-state index in [1.165, 1.54) is 0 Å². The highest BCUT2D eigenvalue weighted by atomic mass is 16.5. The second kappa shape index (κ2) is 5.34. The van der Waals surface area contributed by atoms with Crippen molar-refractivity contribution >= 4 is 5.97 Å². The maximum Gasteiger partial charge on any atom is 0.354 e. The van der Waals surface area contributed by atoms with Gasteiger partial charge in [-0.3, -0.25) is 4.79 Å². The third-order valence-corrected chi connectivity index (χ3v) is 2.54. The topological polar surface area (TPSA) is 92.3 Å². The number of rotatable bonds is 4. The quantitative estimate of drug-likeness (QED) is 0.857. The van der Waals surface area contributed by atoms with E-state index in [9.17, 15) is 9.59 Å². The van der Waals surface area contributed by atoms with Gasteiger partial charge in [-0.05, 0) is 17.7 Å². The predicted molar refractivity (Wildman–Crippen MR) is 67.6 cm³/mol. The van der Waals surface area contributed by atoms with Crippen LogP contribution in [0, 0.1) is 0 Å². The first-order valence-electron chi connectivity index (χ1n) is 5.55. The van der Waals surface area contributed by atoms with Crippen molar-refractivity contribution in [2.45, 2.75) is 6.42 Å². The van der Waals surface area contributed by atoms with Gasteiger partial charge in [-0.1, -0.05) is 12.1 Å². The molecule has 6 heteroatoms. The van der Waals surface area contributed by atoms with Crippen molar-refractivity contribution in [3.8, 4) is 5.75 Å². The Labute approximate surface area is 108 Å². The van der Waals surface area contributed by atoms with Crippen molar-refractivity contribution < 1.29 is 14.6 Å². The van der Waals surface area contributed by atoms with Crippen molar-refractivity contribution in [2.24, 2.45) is 0 Å². The number of nitrogens with zero attached hydrogens (tertiary/aromatic N) is 1. The third-order valence-electron chi connectivity index (χ3n) is 2.54. The van der Waals surface area contributed by atoms with Crippen LogP contribution in [0.25, 0.3) is 0 Å². The lowest BCUT2D eigenvalue weighted by molar-refractivity contribution is 0.0689. The number of ether oxygens (including phenoxy) is 1. The highest BCUT2D eigenvalue weighted by Crippen LogP contribution is 2.13. The lowest BCUT2D eigenvalue weighted by Crippen LogP contribution is -2.15. The summed E-state index contributed by atoms with van der Waals surface area (Å²) < 4.78 is 5.04. The van der Waals surface area contributed by atoms with Crippen LogP contribution in [0.4, 0.5) is 0 Å². The molecule has 1 heterocycles. The zero-order valence-corrected chi connectivity index (χ0v) is 10.2. The van der Waals surface area contributed by atoms with Crippen LogP contribution < -0.4 is 10.3 Å². The normalized spacial score (nSPS) is 10.2. The van der Waals surface area contributed by atoms with Crippen molar-refractivity contribution in [1.29, 1.82) is 0 Å². The number of methoxy groups -OCH3 is 1. The molecule has 98 valence electrons. The molecule has 0 aliphatic carbocycles. The molecule has 0 fully saturated rings. The van der Waals surface area contributed by atoms with Crippen LogP contribution in [0.3, 0.4) is 0 Å². The zero-order valence-electron chi connectivity index (χ0n) is 10.2. The van der Waals surface area contributed by atoms with Gasteiger partial charge >= 0.3 is 5.97 Å². The summed E-state index contributed by atoms with van der Waals surface area (Å²) in [4.78, 5) is 28.5. The minimum Gasteiger partial charge on any atom is -0.497 e. The first-order valence-corrected chi connectivity index (χ1v) is 5.55. The Morgan fingerprint density at radius 1 is 1.37 bits per heavy atom. The number of carbonyl (C=O) groups is 1. The van der Waals surface area contributed by atoms with E-state index < -0.39 is 11.5 Å². The number of carboxylic acid groups (broad SMARTS) is 1. The van der Waals surface area contributed by atoms with Crippen molar-refractivity contribution in [2.75, 3.05) is 7.11 Å². The largest absolute Gasteiger partial charge is 0.497 e. The first-order chi connectivity index (χ1) is 9.08. The van der Waals surface area contributed by atoms with Gasteiger partial charge in [-0.15, -0.1) is 0 Å². The van der Waals surface area contributed by atoms with Crippen LogP contribution in [0.5, 0.6) is 5.75 Å². The molecule has 6 nitrogen and oxygen atoms in total. The van der Waals surface area contributed by atoms with Gasteiger partial charge < -0.3 is 14.8 Å². The number of H-pyrrole nitrogens is 1. The van der Waals surface area contributed by atoms with E-state index >= 15 is 0 Å². The molecule has 0 spiro atoms. The molecule has 0 radical (unpaired) electrons. The van der Waals surface area contributed by atoms with Crippen LogP contribution in [0.1, 0.15) is 21.9 Å². The second-order valence-electron chi connectivity index (χ2n) is 3.91. The molecule has 1 aromatic carbocycles. The number of nitrogens with one attached hydrogen (secondary N) is 1. The van der Waals surface area contributed by atoms with E-state index in [4.69, 9.17) is 9.84 Å². The third kappa shape index (κ3) is 3.19. The summed E-state index contributed by atoms with van der Waals surface area (Å²) in [6, 6.07) is 8.18. The molecule has 0 bridgehead atoms. The van der Waals surface area contributed by atoms with Gasteiger partial charge in [0.25, 0.3) is 5.56 Å². The van der Waals surface area contributed by atoms with Crippen LogP contribution >= 0.6 is 0 Å². The molecule has 0 atom stereocenters. The fourth-order valence-electron chi connectivity index (χ4n) is 1.64. The van der Waals surface area contributed by atoms with Crippen LogP contribution in [-0.2, 0) is 6.42 Å². The summed E-state index contributed by atoms with van der Waals surface area (Å²) in [5, 5.41) is 8.84. The number of aromatic amines is 1. The first kappa shape index (κ1) is 12.8. The molecule has 0 unspecified atom stereocenters. The molecule has 2 N–H and O–H groups in total. The molecule has 1 aromatic heterocycles. The molecule has 0 saturated heterocycles.